The molecule has 1 amide bonds. The van der Waals surface area contributed by atoms with Crippen LogP contribution in [-0.4, -0.2) is 21.0 Å². The minimum atomic E-state index is -0.493. The first-order valence-corrected chi connectivity index (χ1v) is 8.53. The summed E-state index contributed by atoms with van der Waals surface area (Å²) >= 11 is 0. The minimum Gasteiger partial charge on any atom is -0.407 e. The third-order valence-electron chi connectivity index (χ3n) is 4.13. The van der Waals surface area contributed by atoms with Crippen LogP contribution in [0.25, 0.3) is 6.08 Å². The van der Waals surface area contributed by atoms with Gasteiger partial charge >= 0.3 is 6.01 Å². The molecule has 0 saturated heterocycles. The number of aryl methyl sites for hydroxylation is 2. The Labute approximate surface area is 161 Å². The van der Waals surface area contributed by atoms with Crippen LogP contribution < -0.4 is 5.32 Å². The van der Waals surface area contributed by atoms with Crippen LogP contribution in [0.3, 0.4) is 0 Å². The molecule has 1 aromatic heterocycles. The molecule has 142 valence electrons. The number of rotatable bonds is 6. The zero-order valence-corrected chi connectivity index (χ0v) is 15.4. The Morgan fingerprint density at radius 1 is 1.18 bits per heavy atom. The van der Waals surface area contributed by atoms with E-state index in [2.05, 4.69) is 21.6 Å². The van der Waals surface area contributed by atoms with E-state index in [9.17, 15) is 14.9 Å². The molecule has 0 fully saturated rings. The molecular formula is C20H18N4O4. The molecule has 8 heteroatoms. The predicted octanol–water partition coefficient (Wildman–Crippen LogP) is 3.84. The van der Waals surface area contributed by atoms with E-state index in [4.69, 9.17) is 4.42 Å². The molecule has 3 aromatic rings. The van der Waals surface area contributed by atoms with Crippen molar-refractivity contribution in [3.63, 3.8) is 0 Å². The molecule has 0 bridgehead atoms. The monoisotopic (exact) mass is 378 g/mol. The van der Waals surface area contributed by atoms with Crippen LogP contribution in [0.1, 0.15) is 28.1 Å². The van der Waals surface area contributed by atoms with Crippen molar-refractivity contribution in [3.8, 4) is 0 Å². The summed E-state index contributed by atoms with van der Waals surface area (Å²) in [5, 5.41) is 21.0. The number of aromatic nitrogens is 2. The van der Waals surface area contributed by atoms with Crippen LogP contribution in [0.4, 0.5) is 11.7 Å². The molecule has 1 heterocycles. The fourth-order valence-corrected chi connectivity index (χ4v) is 2.52. The number of hydrogen-bond donors (Lipinski definition) is 1. The normalized spacial score (nSPS) is 10.9. The third kappa shape index (κ3) is 4.88. The summed E-state index contributed by atoms with van der Waals surface area (Å²) in [4.78, 5) is 22.3. The zero-order valence-electron chi connectivity index (χ0n) is 15.4. The molecule has 0 spiro atoms. The summed E-state index contributed by atoms with van der Waals surface area (Å²) in [7, 11) is 0. The van der Waals surface area contributed by atoms with Gasteiger partial charge in [0.25, 0.3) is 11.6 Å². The number of non-ortho nitro benzene ring substituents is 1. The first-order chi connectivity index (χ1) is 13.4. The van der Waals surface area contributed by atoms with Gasteiger partial charge < -0.3 is 4.42 Å². The summed E-state index contributed by atoms with van der Waals surface area (Å²) in [6.07, 6.45) is 3.18. The second-order valence-electron chi connectivity index (χ2n) is 6.27. The molecule has 28 heavy (non-hydrogen) atoms. The van der Waals surface area contributed by atoms with E-state index in [0.29, 0.717) is 17.9 Å². The highest BCUT2D eigenvalue weighted by Gasteiger charge is 2.10. The van der Waals surface area contributed by atoms with Crippen LogP contribution >= 0.6 is 0 Å². The van der Waals surface area contributed by atoms with Gasteiger partial charge in [-0.15, -0.1) is 5.10 Å². The maximum atomic E-state index is 12.0. The Morgan fingerprint density at radius 2 is 2.00 bits per heavy atom. The average Bonchev–Trinajstić information content (AvgIpc) is 3.10. The van der Waals surface area contributed by atoms with Crippen molar-refractivity contribution < 1.29 is 14.1 Å². The van der Waals surface area contributed by atoms with E-state index in [1.807, 2.05) is 26.0 Å². The number of carbonyl (C=O) groups excluding carboxylic acids is 1. The molecule has 0 saturated carbocycles. The van der Waals surface area contributed by atoms with Gasteiger partial charge in [-0.2, -0.15) is 0 Å². The molecule has 0 radical (unpaired) electrons. The van der Waals surface area contributed by atoms with Crippen LogP contribution in [0.2, 0.25) is 0 Å². The molecule has 0 unspecified atom stereocenters. The highest BCUT2D eigenvalue weighted by Crippen LogP contribution is 2.16. The molecule has 2 aromatic carbocycles. The lowest BCUT2D eigenvalue weighted by Crippen LogP contribution is -2.07. The lowest BCUT2D eigenvalue weighted by Gasteiger charge is -2.02. The second-order valence-corrected chi connectivity index (χ2v) is 6.27. The van der Waals surface area contributed by atoms with Crippen LogP contribution in [-0.2, 0) is 11.2 Å². The highest BCUT2D eigenvalue weighted by molar-refractivity contribution is 6.00. The van der Waals surface area contributed by atoms with Gasteiger partial charge in [0, 0.05) is 18.2 Å². The van der Waals surface area contributed by atoms with Crippen LogP contribution in [0.5, 0.6) is 0 Å². The van der Waals surface area contributed by atoms with Crippen molar-refractivity contribution in [1.29, 1.82) is 0 Å². The number of nitrogens with zero attached hydrogens (tertiary/aromatic N) is 3. The van der Waals surface area contributed by atoms with Crippen molar-refractivity contribution in [2.75, 3.05) is 5.32 Å². The van der Waals surface area contributed by atoms with Crippen molar-refractivity contribution in [1.82, 2.24) is 10.2 Å². The first-order valence-electron chi connectivity index (χ1n) is 8.53. The molecule has 3 rings (SSSR count). The van der Waals surface area contributed by atoms with E-state index in [1.54, 1.807) is 12.1 Å². The van der Waals surface area contributed by atoms with Gasteiger partial charge in [-0.25, -0.2) is 0 Å². The molecule has 8 nitrogen and oxygen atoms in total. The van der Waals surface area contributed by atoms with Gasteiger partial charge in [-0.3, -0.25) is 20.2 Å². The van der Waals surface area contributed by atoms with Crippen molar-refractivity contribution in [3.05, 3.63) is 86.8 Å². The fourth-order valence-electron chi connectivity index (χ4n) is 2.52. The van der Waals surface area contributed by atoms with Crippen LogP contribution in [0, 0.1) is 24.0 Å². The highest BCUT2D eigenvalue weighted by atomic mass is 16.6. The third-order valence-corrected chi connectivity index (χ3v) is 4.13. The van der Waals surface area contributed by atoms with E-state index >= 15 is 0 Å². The SMILES string of the molecule is Cc1ccc(Cc2nnc(NC(=O)C=Cc3cccc([N+](=O)[O-])c3)o2)cc1C. The van der Waals surface area contributed by atoms with E-state index < -0.39 is 10.8 Å². The van der Waals surface area contributed by atoms with Gasteiger partial charge in [0.15, 0.2) is 0 Å². The summed E-state index contributed by atoms with van der Waals surface area (Å²) in [6.45, 7) is 4.08. The molecular weight excluding hydrogens is 360 g/mol. The predicted molar refractivity (Wildman–Crippen MR) is 104 cm³/mol. The van der Waals surface area contributed by atoms with Crippen molar-refractivity contribution in [2.45, 2.75) is 20.3 Å². The number of anilines is 1. The van der Waals surface area contributed by atoms with Gasteiger partial charge in [0.2, 0.25) is 5.89 Å². The van der Waals surface area contributed by atoms with E-state index in [1.165, 1.54) is 35.4 Å². The summed E-state index contributed by atoms with van der Waals surface area (Å²) < 4.78 is 5.45. The van der Waals surface area contributed by atoms with Crippen molar-refractivity contribution >= 4 is 23.7 Å². The lowest BCUT2D eigenvalue weighted by atomic mass is 10.0. The van der Waals surface area contributed by atoms with E-state index in [0.717, 1.165) is 5.56 Å². The van der Waals surface area contributed by atoms with Gasteiger partial charge in [0.05, 0.1) is 11.3 Å². The molecule has 1 N–H and O–H groups in total. The largest absolute Gasteiger partial charge is 0.407 e. The number of benzene rings is 2. The number of amides is 1. The maximum absolute atomic E-state index is 12.0. The number of hydrogen-bond acceptors (Lipinski definition) is 6. The van der Waals surface area contributed by atoms with E-state index in [-0.39, 0.29) is 11.7 Å². The number of nitrogens with one attached hydrogen (secondary N) is 1. The minimum absolute atomic E-state index is 0.00692. The lowest BCUT2D eigenvalue weighted by molar-refractivity contribution is -0.384. The fraction of sp³-hybridized carbons (Fsp3) is 0.150. The Kier molecular flexibility index (Phi) is 5.59. The summed E-state index contributed by atoms with van der Waals surface area (Å²) in [5.41, 5.74) is 3.91. The Hall–Kier alpha value is -3.81. The number of nitro groups is 1. The standard InChI is InChI=1S/C20H18N4O4/c1-13-6-7-16(10-14(13)2)12-19-22-23-20(28-19)21-18(25)9-8-15-4-3-5-17(11-15)24(26)27/h3-11H,12H2,1-2H3,(H,21,23,25). The number of carbonyl (C=O) groups is 1. The Morgan fingerprint density at radius 3 is 2.75 bits per heavy atom. The molecule has 0 aliphatic carbocycles. The Balaban J connectivity index is 1.61. The Bertz CT molecular complexity index is 1060. The quantitative estimate of drug-likeness (QED) is 0.396. The topological polar surface area (TPSA) is 111 Å². The summed E-state index contributed by atoms with van der Waals surface area (Å²) in [6, 6.07) is 12.0. The maximum Gasteiger partial charge on any atom is 0.322 e. The molecule has 0 aliphatic heterocycles. The van der Waals surface area contributed by atoms with Gasteiger partial charge in [-0.05, 0) is 42.2 Å². The average molecular weight is 378 g/mol. The summed E-state index contributed by atoms with van der Waals surface area (Å²) in [5.74, 6) is -0.0888. The number of nitro benzene ring substituents is 1. The zero-order chi connectivity index (χ0) is 20.1. The molecule has 0 atom stereocenters. The van der Waals surface area contributed by atoms with Gasteiger partial charge in [-0.1, -0.05) is 35.4 Å². The molecule has 0 aliphatic rings. The smallest absolute Gasteiger partial charge is 0.322 e. The van der Waals surface area contributed by atoms with Crippen molar-refractivity contribution in [2.24, 2.45) is 0 Å². The van der Waals surface area contributed by atoms with Crippen LogP contribution in [0.15, 0.2) is 53.0 Å². The van der Waals surface area contributed by atoms with Gasteiger partial charge in [0.1, 0.15) is 0 Å². The first kappa shape index (κ1) is 19.0. The second kappa shape index (κ2) is 8.26.